The van der Waals surface area contributed by atoms with E-state index in [0.717, 1.165) is 19.1 Å². The zero-order valence-electron chi connectivity index (χ0n) is 10.00. The molecule has 1 N–H and O–H groups in total. The van der Waals surface area contributed by atoms with E-state index in [0.29, 0.717) is 0 Å². The van der Waals surface area contributed by atoms with Crippen molar-refractivity contribution in [3.05, 3.63) is 43.5 Å². The smallest absolute Gasteiger partial charge is 0.279 e. The Bertz CT molecular complexity index is 595. The van der Waals surface area contributed by atoms with E-state index >= 15 is 0 Å². The number of benzene rings is 1. The minimum Gasteiger partial charge on any atom is -0.293 e. The number of hydrogen-bond acceptors (Lipinski definition) is 6. The first-order valence-electron chi connectivity index (χ1n) is 4.99. The molecule has 0 aliphatic rings. The number of nitro groups is 2. The molecule has 0 saturated heterocycles. The van der Waals surface area contributed by atoms with E-state index in [9.17, 15) is 29.8 Å². The summed E-state index contributed by atoms with van der Waals surface area (Å²) >= 11 is 0. The maximum atomic E-state index is 11.6. The van der Waals surface area contributed by atoms with Crippen molar-refractivity contribution in [3.8, 4) is 0 Å². The largest absolute Gasteiger partial charge is 0.293 e. The Morgan fingerprint density at radius 3 is 2.16 bits per heavy atom. The molecular weight excluding hydrogens is 258 g/mol. The standard InChI is InChI=1S/C10H9N3O6/c1-5-8(10(15)11-6(2)14)3-7(12(16)17)4-9(5)13(18)19/h3-4H,1-2H3,(H,11,14,15). The van der Waals surface area contributed by atoms with E-state index in [1.807, 2.05) is 5.32 Å². The predicted octanol–water partition coefficient (Wildman–Crippen LogP) is 1.09. The minimum absolute atomic E-state index is 0.0469. The summed E-state index contributed by atoms with van der Waals surface area (Å²) < 4.78 is 0. The van der Waals surface area contributed by atoms with Gasteiger partial charge in [-0.05, 0) is 6.92 Å². The summed E-state index contributed by atoms with van der Waals surface area (Å²) in [5.41, 5.74) is -1.47. The monoisotopic (exact) mass is 267 g/mol. The van der Waals surface area contributed by atoms with Gasteiger partial charge in [0.25, 0.3) is 17.3 Å². The number of amides is 2. The zero-order valence-corrected chi connectivity index (χ0v) is 10.00. The number of non-ortho nitro benzene ring substituents is 1. The molecule has 19 heavy (non-hydrogen) atoms. The molecule has 1 aromatic carbocycles. The van der Waals surface area contributed by atoms with Gasteiger partial charge in [0, 0.05) is 18.6 Å². The second kappa shape index (κ2) is 5.21. The molecule has 0 unspecified atom stereocenters. The van der Waals surface area contributed by atoms with Gasteiger partial charge in [-0.2, -0.15) is 0 Å². The molecule has 0 aromatic heterocycles. The van der Waals surface area contributed by atoms with Gasteiger partial charge in [-0.15, -0.1) is 0 Å². The number of carbonyl (C=O) groups is 2. The highest BCUT2D eigenvalue weighted by Crippen LogP contribution is 2.27. The molecule has 9 nitrogen and oxygen atoms in total. The van der Waals surface area contributed by atoms with Crippen LogP contribution in [0.2, 0.25) is 0 Å². The van der Waals surface area contributed by atoms with Crippen molar-refractivity contribution in [2.75, 3.05) is 0 Å². The van der Waals surface area contributed by atoms with Crippen LogP contribution in [0.1, 0.15) is 22.8 Å². The molecule has 100 valence electrons. The Labute approximate surface area is 106 Å². The van der Waals surface area contributed by atoms with Crippen LogP contribution in [-0.2, 0) is 4.79 Å². The van der Waals surface area contributed by atoms with Crippen LogP contribution in [0.3, 0.4) is 0 Å². The first-order valence-corrected chi connectivity index (χ1v) is 4.99. The number of hydrogen-bond donors (Lipinski definition) is 1. The van der Waals surface area contributed by atoms with E-state index in [4.69, 9.17) is 0 Å². The highest BCUT2D eigenvalue weighted by molar-refractivity contribution is 6.05. The van der Waals surface area contributed by atoms with E-state index < -0.39 is 33.0 Å². The predicted molar refractivity (Wildman–Crippen MR) is 62.6 cm³/mol. The van der Waals surface area contributed by atoms with Gasteiger partial charge in [0.2, 0.25) is 5.91 Å². The van der Waals surface area contributed by atoms with Gasteiger partial charge in [-0.1, -0.05) is 0 Å². The Balaban J connectivity index is 3.45. The summed E-state index contributed by atoms with van der Waals surface area (Å²) in [5.74, 6) is -1.59. The Morgan fingerprint density at radius 1 is 1.16 bits per heavy atom. The van der Waals surface area contributed by atoms with Gasteiger partial charge in [-0.3, -0.25) is 35.1 Å². The molecule has 0 bridgehead atoms. The van der Waals surface area contributed by atoms with Crippen LogP contribution in [0.25, 0.3) is 0 Å². The number of nitro benzene ring substituents is 2. The normalized spacial score (nSPS) is 9.79. The highest BCUT2D eigenvalue weighted by Gasteiger charge is 2.24. The number of nitrogens with one attached hydrogen (secondary N) is 1. The topological polar surface area (TPSA) is 132 Å². The Morgan fingerprint density at radius 2 is 1.74 bits per heavy atom. The maximum Gasteiger partial charge on any atom is 0.279 e. The third-order valence-electron chi connectivity index (χ3n) is 2.31. The molecule has 0 saturated carbocycles. The zero-order chi connectivity index (χ0) is 14.7. The Kier molecular flexibility index (Phi) is 3.90. The first kappa shape index (κ1) is 14.2. The summed E-state index contributed by atoms with van der Waals surface area (Å²) in [6.07, 6.45) is 0. The van der Waals surface area contributed by atoms with Crippen LogP contribution in [0.4, 0.5) is 11.4 Å². The third-order valence-corrected chi connectivity index (χ3v) is 2.31. The highest BCUT2D eigenvalue weighted by atomic mass is 16.6. The molecule has 0 radical (unpaired) electrons. The van der Waals surface area contributed by atoms with Crippen LogP contribution >= 0.6 is 0 Å². The van der Waals surface area contributed by atoms with Gasteiger partial charge < -0.3 is 0 Å². The molecule has 2 amide bonds. The third kappa shape index (κ3) is 3.09. The van der Waals surface area contributed by atoms with Crippen molar-refractivity contribution >= 4 is 23.2 Å². The average Bonchev–Trinajstić information content (AvgIpc) is 2.27. The molecule has 0 fully saturated rings. The number of rotatable bonds is 3. The number of imide groups is 1. The fourth-order valence-corrected chi connectivity index (χ4v) is 1.44. The van der Waals surface area contributed by atoms with Gasteiger partial charge in [0.15, 0.2) is 0 Å². The summed E-state index contributed by atoms with van der Waals surface area (Å²) in [6.45, 7) is 2.36. The lowest BCUT2D eigenvalue weighted by Crippen LogP contribution is -2.28. The summed E-state index contributed by atoms with van der Waals surface area (Å²) in [5, 5.41) is 23.4. The number of nitrogens with zero attached hydrogens (tertiary/aromatic N) is 2. The van der Waals surface area contributed by atoms with Crippen molar-refractivity contribution in [2.45, 2.75) is 13.8 Å². The fraction of sp³-hybridized carbons (Fsp3) is 0.200. The lowest BCUT2D eigenvalue weighted by atomic mass is 10.0. The minimum atomic E-state index is -0.920. The molecular formula is C10H9N3O6. The molecule has 0 atom stereocenters. The lowest BCUT2D eigenvalue weighted by Gasteiger charge is -2.05. The average molecular weight is 267 g/mol. The van der Waals surface area contributed by atoms with Crippen LogP contribution in [0.15, 0.2) is 12.1 Å². The van der Waals surface area contributed by atoms with Crippen molar-refractivity contribution < 1.29 is 19.4 Å². The van der Waals surface area contributed by atoms with Gasteiger partial charge in [0.1, 0.15) is 0 Å². The van der Waals surface area contributed by atoms with Crippen molar-refractivity contribution in [1.29, 1.82) is 0 Å². The number of carbonyl (C=O) groups excluding carboxylic acids is 2. The van der Waals surface area contributed by atoms with Crippen molar-refractivity contribution in [2.24, 2.45) is 0 Å². The summed E-state index contributed by atoms with van der Waals surface area (Å²) in [4.78, 5) is 42.2. The van der Waals surface area contributed by atoms with Gasteiger partial charge in [-0.25, -0.2) is 0 Å². The fourth-order valence-electron chi connectivity index (χ4n) is 1.44. The summed E-state index contributed by atoms with van der Waals surface area (Å²) in [6, 6.07) is 1.65. The van der Waals surface area contributed by atoms with Crippen molar-refractivity contribution in [3.63, 3.8) is 0 Å². The molecule has 0 aliphatic carbocycles. The second-order valence-electron chi connectivity index (χ2n) is 3.66. The Hall–Kier alpha value is -2.84. The quantitative estimate of drug-likeness (QED) is 0.643. The lowest BCUT2D eigenvalue weighted by molar-refractivity contribution is -0.394. The van der Waals surface area contributed by atoms with Gasteiger partial charge in [0.05, 0.1) is 21.5 Å². The maximum absolute atomic E-state index is 11.6. The molecule has 0 spiro atoms. The van der Waals surface area contributed by atoms with E-state index in [2.05, 4.69) is 0 Å². The molecule has 0 heterocycles. The van der Waals surface area contributed by atoms with E-state index in [1.165, 1.54) is 6.92 Å². The SMILES string of the molecule is CC(=O)NC(=O)c1cc([N+](=O)[O-])cc([N+](=O)[O-])c1C. The summed E-state index contributed by atoms with van der Waals surface area (Å²) in [7, 11) is 0. The van der Waals surface area contributed by atoms with Crippen LogP contribution in [0.5, 0.6) is 0 Å². The molecule has 9 heteroatoms. The van der Waals surface area contributed by atoms with Crippen LogP contribution < -0.4 is 5.32 Å². The molecule has 1 aromatic rings. The van der Waals surface area contributed by atoms with Crippen LogP contribution in [-0.4, -0.2) is 21.7 Å². The molecule has 0 aliphatic heterocycles. The first-order chi connectivity index (χ1) is 8.73. The van der Waals surface area contributed by atoms with Gasteiger partial charge >= 0.3 is 0 Å². The second-order valence-corrected chi connectivity index (χ2v) is 3.66. The van der Waals surface area contributed by atoms with Crippen molar-refractivity contribution in [1.82, 2.24) is 5.32 Å². The van der Waals surface area contributed by atoms with E-state index in [-0.39, 0.29) is 11.1 Å². The van der Waals surface area contributed by atoms with Crippen LogP contribution in [0, 0.1) is 27.2 Å². The van der Waals surface area contributed by atoms with E-state index in [1.54, 1.807) is 0 Å². The molecule has 1 rings (SSSR count).